The SMILES string of the molecule is CCCC1CN(CC(C)COC)CCN1. The molecule has 0 radical (unpaired) electrons. The number of rotatable bonds is 6. The first-order chi connectivity index (χ1) is 7.26. The minimum absolute atomic E-state index is 0.648. The highest BCUT2D eigenvalue weighted by Crippen LogP contribution is 2.07. The van der Waals surface area contributed by atoms with Crippen LogP contribution in [0.5, 0.6) is 0 Å². The van der Waals surface area contributed by atoms with Crippen molar-refractivity contribution in [3.8, 4) is 0 Å². The summed E-state index contributed by atoms with van der Waals surface area (Å²) in [6.07, 6.45) is 2.58. The molecule has 1 N–H and O–H groups in total. The van der Waals surface area contributed by atoms with Crippen LogP contribution in [0, 0.1) is 5.92 Å². The number of hydrogen-bond acceptors (Lipinski definition) is 3. The molecule has 0 saturated carbocycles. The van der Waals surface area contributed by atoms with Crippen molar-refractivity contribution in [1.82, 2.24) is 10.2 Å². The average molecular weight is 214 g/mol. The molecule has 0 bridgehead atoms. The molecule has 2 unspecified atom stereocenters. The maximum atomic E-state index is 5.18. The molecule has 90 valence electrons. The van der Waals surface area contributed by atoms with E-state index < -0.39 is 0 Å². The van der Waals surface area contributed by atoms with E-state index in [9.17, 15) is 0 Å². The lowest BCUT2D eigenvalue weighted by atomic mass is 10.1. The van der Waals surface area contributed by atoms with Gasteiger partial charge in [-0.3, -0.25) is 0 Å². The third-order valence-corrected chi connectivity index (χ3v) is 3.00. The van der Waals surface area contributed by atoms with Gasteiger partial charge in [0.2, 0.25) is 0 Å². The third-order valence-electron chi connectivity index (χ3n) is 3.00. The predicted molar refractivity (Wildman–Crippen MR) is 64.2 cm³/mol. The van der Waals surface area contributed by atoms with Gasteiger partial charge in [-0.25, -0.2) is 0 Å². The van der Waals surface area contributed by atoms with Crippen LogP contribution in [0.15, 0.2) is 0 Å². The molecule has 1 aliphatic rings. The zero-order chi connectivity index (χ0) is 11.1. The molecule has 1 aliphatic heterocycles. The summed E-state index contributed by atoms with van der Waals surface area (Å²) in [5.74, 6) is 0.648. The highest BCUT2D eigenvalue weighted by Gasteiger charge is 2.19. The highest BCUT2D eigenvalue weighted by molar-refractivity contribution is 4.78. The Kier molecular flexibility index (Phi) is 6.22. The van der Waals surface area contributed by atoms with E-state index in [1.807, 2.05) is 0 Å². The summed E-state index contributed by atoms with van der Waals surface area (Å²) in [6, 6.07) is 0.707. The largest absolute Gasteiger partial charge is 0.384 e. The molecule has 3 heteroatoms. The number of nitrogens with one attached hydrogen (secondary N) is 1. The summed E-state index contributed by atoms with van der Waals surface area (Å²) in [5.41, 5.74) is 0. The van der Waals surface area contributed by atoms with Gasteiger partial charge in [0.05, 0.1) is 0 Å². The second-order valence-corrected chi connectivity index (χ2v) is 4.76. The van der Waals surface area contributed by atoms with E-state index in [-0.39, 0.29) is 0 Å². The first-order valence-corrected chi connectivity index (χ1v) is 6.21. The first kappa shape index (κ1) is 12.9. The van der Waals surface area contributed by atoms with E-state index in [2.05, 4.69) is 24.1 Å². The van der Waals surface area contributed by atoms with Crippen LogP contribution in [-0.2, 0) is 4.74 Å². The van der Waals surface area contributed by atoms with Gasteiger partial charge in [-0.15, -0.1) is 0 Å². The molecule has 1 fully saturated rings. The lowest BCUT2D eigenvalue weighted by Gasteiger charge is -2.35. The van der Waals surface area contributed by atoms with Crippen LogP contribution in [-0.4, -0.2) is 50.8 Å². The Labute approximate surface area is 94.2 Å². The molecule has 0 aromatic rings. The van der Waals surface area contributed by atoms with Crippen LogP contribution in [0.2, 0.25) is 0 Å². The van der Waals surface area contributed by atoms with Gasteiger partial charge in [0.25, 0.3) is 0 Å². The van der Waals surface area contributed by atoms with Crippen molar-refractivity contribution in [2.24, 2.45) is 5.92 Å². The second-order valence-electron chi connectivity index (χ2n) is 4.76. The van der Waals surface area contributed by atoms with Gasteiger partial charge in [0.15, 0.2) is 0 Å². The molecule has 3 nitrogen and oxygen atoms in total. The summed E-state index contributed by atoms with van der Waals surface area (Å²) < 4.78 is 5.18. The van der Waals surface area contributed by atoms with Crippen molar-refractivity contribution in [2.75, 3.05) is 39.9 Å². The summed E-state index contributed by atoms with van der Waals surface area (Å²) in [5, 5.41) is 3.58. The summed E-state index contributed by atoms with van der Waals surface area (Å²) >= 11 is 0. The molecule has 0 aliphatic carbocycles. The normalized spacial score (nSPS) is 25.4. The van der Waals surface area contributed by atoms with Gasteiger partial charge < -0.3 is 15.0 Å². The Morgan fingerprint density at radius 2 is 2.33 bits per heavy atom. The topological polar surface area (TPSA) is 24.5 Å². The number of nitrogens with zero attached hydrogens (tertiary/aromatic N) is 1. The minimum Gasteiger partial charge on any atom is -0.384 e. The number of ether oxygens (including phenoxy) is 1. The first-order valence-electron chi connectivity index (χ1n) is 6.21. The standard InChI is InChI=1S/C12H26N2O/c1-4-5-12-9-14(7-6-13-12)8-11(2)10-15-3/h11-13H,4-10H2,1-3H3. The maximum absolute atomic E-state index is 5.18. The van der Waals surface area contributed by atoms with E-state index in [1.165, 1.54) is 32.5 Å². The average Bonchev–Trinajstić information content (AvgIpc) is 2.19. The molecule has 2 atom stereocenters. The van der Waals surface area contributed by atoms with Crippen LogP contribution in [0.25, 0.3) is 0 Å². The number of hydrogen-bond donors (Lipinski definition) is 1. The molecule has 0 spiro atoms. The van der Waals surface area contributed by atoms with Gasteiger partial charge in [-0.05, 0) is 12.3 Å². The fourth-order valence-corrected chi connectivity index (χ4v) is 2.38. The molecule has 0 amide bonds. The summed E-state index contributed by atoms with van der Waals surface area (Å²) in [4.78, 5) is 2.57. The lowest BCUT2D eigenvalue weighted by molar-refractivity contribution is 0.113. The van der Waals surface area contributed by atoms with Crippen LogP contribution in [0.1, 0.15) is 26.7 Å². The van der Waals surface area contributed by atoms with E-state index in [0.717, 1.165) is 13.2 Å². The van der Waals surface area contributed by atoms with Crippen molar-refractivity contribution >= 4 is 0 Å². The predicted octanol–water partition coefficient (Wildman–Crippen LogP) is 1.34. The number of methoxy groups -OCH3 is 1. The lowest BCUT2D eigenvalue weighted by Crippen LogP contribution is -2.51. The van der Waals surface area contributed by atoms with E-state index in [4.69, 9.17) is 4.74 Å². The molecule has 1 heterocycles. The van der Waals surface area contributed by atoms with Crippen molar-refractivity contribution < 1.29 is 4.74 Å². The molecule has 0 aromatic carbocycles. The van der Waals surface area contributed by atoms with Gasteiger partial charge in [-0.2, -0.15) is 0 Å². The molecule has 15 heavy (non-hydrogen) atoms. The zero-order valence-corrected chi connectivity index (χ0v) is 10.5. The third kappa shape index (κ3) is 4.96. The van der Waals surface area contributed by atoms with E-state index in [1.54, 1.807) is 7.11 Å². The van der Waals surface area contributed by atoms with Gasteiger partial charge in [-0.1, -0.05) is 20.3 Å². The Morgan fingerprint density at radius 3 is 3.00 bits per heavy atom. The monoisotopic (exact) mass is 214 g/mol. The van der Waals surface area contributed by atoms with Crippen molar-refractivity contribution in [1.29, 1.82) is 0 Å². The number of piperazine rings is 1. The van der Waals surface area contributed by atoms with Gasteiger partial charge >= 0.3 is 0 Å². The van der Waals surface area contributed by atoms with Gasteiger partial charge in [0.1, 0.15) is 0 Å². The van der Waals surface area contributed by atoms with E-state index in [0.29, 0.717) is 12.0 Å². The van der Waals surface area contributed by atoms with Crippen molar-refractivity contribution in [3.63, 3.8) is 0 Å². The molecule has 1 saturated heterocycles. The second kappa shape index (κ2) is 7.20. The summed E-state index contributed by atoms with van der Waals surface area (Å²) in [6.45, 7) is 10.1. The van der Waals surface area contributed by atoms with Crippen molar-refractivity contribution in [3.05, 3.63) is 0 Å². The molecular weight excluding hydrogens is 188 g/mol. The Morgan fingerprint density at radius 1 is 1.53 bits per heavy atom. The summed E-state index contributed by atoms with van der Waals surface area (Å²) in [7, 11) is 1.79. The molecule has 0 aromatic heterocycles. The molecular formula is C12H26N2O. The zero-order valence-electron chi connectivity index (χ0n) is 10.5. The smallest absolute Gasteiger partial charge is 0.0500 e. The fourth-order valence-electron chi connectivity index (χ4n) is 2.38. The Bertz CT molecular complexity index is 160. The van der Waals surface area contributed by atoms with Crippen LogP contribution >= 0.6 is 0 Å². The highest BCUT2D eigenvalue weighted by atomic mass is 16.5. The van der Waals surface area contributed by atoms with Crippen LogP contribution in [0.4, 0.5) is 0 Å². The fraction of sp³-hybridized carbons (Fsp3) is 1.00. The Balaban J connectivity index is 2.23. The molecule has 1 rings (SSSR count). The minimum atomic E-state index is 0.648. The maximum Gasteiger partial charge on any atom is 0.0500 e. The van der Waals surface area contributed by atoms with Crippen LogP contribution in [0.3, 0.4) is 0 Å². The quantitative estimate of drug-likeness (QED) is 0.722. The Hall–Kier alpha value is -0.120. The van der Waals surface area contributed by atoms with E-state index >= 15 is 0 Å². The van der Waals surface area contributed by atoms with Crippen molar-refractivity contribution in [2.45, 2.75) is 32.7 Å². The van der Waals surface area contributed by atoms with Crippen LogP contribution < -0.4 is 5.32 Å². The van der Waals surface area contributed by atoms with Gasteiger partial charge in [0, 0.05) is 45.9 Å².